The van der Waals surface area contributed by atoms with Gasteiger partial charge in [0.05, 0.1) is 0 Å². The van der Waals surface area contributed by atoms with Gasteiger partial charge in [-0.1, -0.05) is 11.6 Å². The van der Waals surface area contributed by atoms with Crippen LogP contribution in [0.3, 0.4) is 0 Å². The van der Waals surface area contributed by atoms with Crippen LogP contribution in [0.5, 0.6) is 0 Å². The largest absolute Gasteiger partial charge is 0.314 e. The van der Waals surface area contributed by atoms with Crippen molar-refractivity contribution >= 4 is 17.4 Å². The summed E-state index contributed by atoms with van der Waals surface area (Å²) in [5.41, 5.74) is 0.781. The number of halogens is 1. The molecule has 1 fully saturated rings. The number of nitrogens with one attached hydrogen (secondary N) is 1. The molecular formula is C13H16ClNO. The zero-order valence-corrected chi connectivity index (χ0v) is 10.1. The Morgan fingerprint density at radius 2 is 2.06 bits per heavy atom. The molecule has 1 saturated heterocycles. The molecule has 1 heterocycles. The number of piperidine rings is 1. The number of ketones is 1. The van der Waals surface area contributed by atoms with Gasteiger partial charge in [0.25, 0.3) is 0 Å². The quantitative estimate of drug-likeness (QED) is 0.802. The van der Waals surface area contributed by atoms with Crippen molar-refractivity contribution in [3.8, 4) is 0 Å². The fourth-order valence-corrected chi connectivity index (χ4v) is 2.35. The van der Waals surface area contributed by atoms with Gasteiger partial charge in [-0.3, -0.25) is 4.79 Å². The maximum absolute atomic E-state index is 12.2. The van der Waals surface area contributed by atoms with E-state index < -0.39 is 0 Å². The molecular weight excluding hydrogens is 222 g/mol. The minimum absolute atomic E-state index is 0.164. The van der Waals surface area contributed by atoms with Crippen LogP contribution in [0, 0.1) is 5.92 Å². The highest BCUT2D eigenvalue weighted by molar-refractivity contribution is 6.30. The van der Waals surface area contributed by atoms with E-state index in [1.54, 1.807) is 12.1 Å². The third-order valence-corrected chi connectivity index (χ3v) is 3.38. The summed E-state index contributed by atoms with van der Waals surface area (Å²) in [5.74, 6) is 0.419. The molecule has 0 radical (unpaired) electrons. The molecule has 0 aliphatic carbocycles. The summed E-state index contributed by atoms with van der Waals surface area (Å²) in [4.78, 5) is 12.2. The molecule has 1 aliphatic heterocycles. The van der Waals surface area contributed by atoms with E-state index in [1.807, 2.05) is 12.1 Å². The fourth-order valence-electron chi connectivity index (χ4n) is 2.22. The second kappa shape index (κ2) is 4.98. The van der Waals surface area contributed by atoms with Crippen LogP contribution in [0.15, 0.2) is 24.3 Å². The molecule has 1 N–H and O–H groups in total. The lowest BCUT2D eigenvalue weighted by molar-refractivity contribution is 0.0881. The van der Waals surface area contributed by atoms with Crippen LogP contribution in [0.25, 0.3) is 0 Å². The molecule has 16 heavy (non-hydrogen) atoms. The molecule has 0 amide bonds. The van der Waals surface area contributed by atoms with E-state index in [-0.39, 0.29) is 11.7 Å². The Kier molecular flexibility index (Phi) is 3.62. The summed E-state index contributed by atoms with van der Waals surface area (Å²) < 4.78 is 0. The number of carbonyl (C=O) groups excluding carboxylic acids is 1. The van der Waals surface area contributed by atoms with Crippen molar-refractivity contribution in [1.29, 1.82) is 0 Å². The van der Waals surface area contributed by atoms with E-state index in [1.165, 1.54) is 0 Å². The van der Waals surface area contributed by atoms with Gasteiger partial charge in [-0.25, -0.2) is 0 Å². The van der Waals surface area contributed by atoms with Gasteiger partial charge < -0.3 is 5.32 Å². The van der Waals surface area contributed by atoms with E-state index in [9.17, 15) is 4.79 Å². The monoisotopic (exact) mass is 237 g/mol. The first-order valence-electron chi connectivity index (χ1n) is 5.70. The first-order chi connectivity index (χ1) is 7.66. The van der Waals surface area contributed by atoms with Gasteiger partial charge >= 0.3 is 0 Å². The molecule has 2 nitrogen and oxygen atoms in total. The molecule has 86 valence electrons. The Balaban J connectivity index is 2.09. The van der Waals surface area contributed by atoms with E-state index in [4.69, 9.17) is 11.6 Å². The third kappa shape index (κ3) is 2.63. The summed E-state index contributed by atoms with van der Waals surface area (Å²) in [6.07, 6.45) is 1.87. The molecule has 0 bridgehead atoms. The highest BCUT2D eigenvalue weighted by atomic mass is 35.5. The summed E-state index contributed by atoms with van der Waals surface area (Å²) >= 11 is 5.80. The molecule has 3 heteroatoms. The van der Waals surface area contributed by atoms with Crippen molar-refractivity contribution in [2.75, 3.05) is 6.54 Å². The fraction of sp³-hybridized carbons (Fsp3) is 0.462. The molecule has 0 spiro atoms. The van der Waals surface area contributed by atoms with Crippen LogP contribution in [-0.2, 0) is 0 Å². The summed E-state index contributed by atoms with van der Waals surface area (Å²) in [7, 11) is 0. The third-order valence-electron chi connectivity index (χ3n) is 3.12. The van der Waals surface area contributed by atoms with Crippen LogP contribution in [0.2, 0.25) is 5.02 Å². The second-order valence-electron chi connectivity index (χ2n) is 4.45. The summed E-state index contributed by atoms with van der Waals surface area (Å²) in [6.45, 7) is 3.06. The normalized spacial score (nSPS) is 25.4. The Morgan fingerprint density at radius 3 is 2.69 bits per heavy atom. The number of hydrogen-bond donors (Lipinski definition) is 1. The summed E-state index contributed by atoms with van der Waals surface area (Å²) in [6, 6.07) is 7.63. The standard InChI is InChI=1S/C13H16ClNO/c1-9-8-11(6-7-15-9)13(16)10-2-4-12(14)5-3-10/h2-5,9,11,15H,6-8H2,1H3. The minimum Gasteiger partial charge on any atom is -0.314 e. The Bertz CT molecular complexity index is 374. The maximum atomic E-state index is 12.2. The van der Waals surface area contributed by atoms with E-state index in [2.05, 4.69) is 12.2 Å². The Morgan fingerprint density at radius 1 is 1.38 bits per heavy atom. The zero-order chi connectivity index (χ0) is 11.5. The Hall–Kier alpha value is -0.860. The van der Waals surface area contributed by atoms with Gasteiger partial charge in [-0.2, -0.15) is 0 Å². The SMILES string of the molecule is CC1CC(C(=O)c2ccc(Cl)cc2)CCN1. The van der Waals surface area contributed by atoms with Crippen molar-refractivity contribution < 1.29 is 4.79 Å². The van der Waals surface area contributed by atoms with E-state index in [0.717, 1.165) is 24.9 Å². The lowest BCUT2D eigenvalue weighted by Gasteiger charge is -2.26. The minimum atomic E-state index is 0.164. The Labute approximate surface area is 101 Å². The molecule has 0 aromatic heterocycles. The lowest BCUT2D eigenvalue weighted by Crippen LogP contribution is -2.38. The number of carbonyl (C=O) groups is 1. The number of rotatable bonds is 2. The van der Waals surface area contributed by atoms with Gasteiger partial charge in [-0.15, -0.1) is 0 Å². The van der Waals surface area contributed by atoms with Crippen LogP contribution < -0.4 is 5.32 Å². The smallest absolute Gasteiger partial charge is 0.166 e. The van der Waals surface area contributed by atoms with Crippen molar-refractivity contribution in [2.24, 2.45) is 5.92 Å². The predicted octanol–water partition coefficient (Wildman–Crippen LogP) is 2.91. The van der Waals surface area contributed by atoms with Gasteiger partial charge in [0.1, 0.15) is 0 Å². The first kappa shape index (κ1) is 11.6. The molecule has 1 aliphatic rings. The van der Waals surface area contributed by atoms with Gasteiger partial charge in [0, 0.05) is 22.5 Å². The number of Topliss-reactive ketones (excluding diaryl/α,β-unsaturated/α-hetero) is 1. The number of hydrogen-bond acceptors (Lipinski definition) is 2. The zero-order valence-electron chi connectivity index (χ0n) is 9.37. The van der Waals surface area contributed by atoms with Crippen molar-refractivity contribution in [1.82, 2.24) is 5.32 Å². The molecule has 1 aromatic carbocycles. The second-order valence-corrected chi connectivity index (χ2v) is 4.88. The average molecular weight is 238 g/mol. The molecule has 2 rings (SSSR count). The molecule has 2 unspecified atom stereocenters. The maximum Gasteiger partial charge on any atom is 0.166 e. The van der Waals surface area contributed by atoms with Crippen LogP contribution >= 0.6 is 11.6 Å². The van der Waals surface area contributed by atoms with Gasteiger partial charge in [0.15, 0.2) is 5.78 Å². The van der Waals surface area contributed by atoms with Crippen molar-refractivity contribution in [3.63, 3.8) is 0 Å². The van der Waals surface area contributed by atoms with Crippen LogP contribution in [0.1, 0.15) is 30.1 Å². The molecule has 1 aromatic rings. The number of benzene rings is 1. The van der Waals surface area contributed by atoms with Gasteiger partial charge in [-0.05, 0) is 50.6 Å². The van der Waals surface area contributed by atoms with Crippen molar-refractivity contribution in [3.05, 3.63) is 34.9 Å². The van der Waals surface area contributed by atoms with E-state index in [0.29, 0.717) is 11.1 Å². The molecule has 0 saturated carbocycles. The molecule has 2 atom stereocenters. The topological polar surface area (TPSA) is 29.1 Å². The first-order valence-corrected chi connectivity index (χ1v) is 6.08. The van der Waals surface area contributed by atoms with Crippen LogP contribution in [-0.4, -0.2) is 18.4 Å². The lowest BCUT2D eigenvalue weighted by atomic mass is 9.86. The van der Waals surface area contributed by atoms with Crippen molar-refractivity contribution in [2.45, 2.75) is 25.8 Å². The van der Waals surface area contributed by atoms with Crippen LogP contribution in [0.4, 0.5) is 0 Å². The highest BCUT2D eigenvalue weighted by Crippen LogP contribution is 2.21. The highest BCUT2D eigenvalue weighted by Gasteiger charge is 2.25. The van der Waals surface area contributed by atoms with E-state index >= 15 is 0 Å². The summed E-state index contributed by atoms with van der Waals surface area (Å²) in [5, 5.41) is 4.03. The average Bonchev–Trinajstić information content (AvgIpc) is 2.29. The predicted molar refractivity (Wildman–Crippen MR) is 66.0 cm³/mol. The van der Waals surface area contributed by atoms with Gasteiger partial charge in [0.2, 0.25) is 0 Å².